The molecular weight excluding hydrogens is 256 g/mol. The standard InChI is InChI=1S/C11H8N2O6/c1-7(10(15)12-6-14)19-11(16)8-2-4-9(5-3-8)13(17)18/h2-5,7H,1H3. The third-order valence-corrected chi connectivity index (χ3v) is 2.10. The number of amides is 1. The van der Waals surface area contributed by atoms with Crippen LogP contribution in [-0.2, 0) is 14.3 Å². The van der Waals surface area contributed by atoms with Crippen LogP contribution in [0.5, 0.6) is 0 Å². The quantitative estimate of drug-likeness (QED) is 0.263. The Balaban J connectivity index is 2.75. The molecule has 1 rings (SSSR count). The van der Waals surface area contributed by atoms with Crippen molar-refractivity contribution in [2.45, 2.75) is 13.0 Å². The van der Waals surface area contributed by atoms with Gasteiger partial charge in [-0.1, -0.05) is 0 Å². The molecular formula is C11H8N2O6. The van der Waals surface area contributed by atoms with Crippen LogP contribution in [0.15, 0.2) is 29.3 Å². The molecule has 0 heterocycles. The number of non-ortho nitro benzene ring substituents is 1. The van der Waals surface area contributed by atoms with Crippen LogP contribution in [0.1, 0.15) is 17.3 Å². The molecule has 8 nitrogen and oxygen atoms in total. The lowest BCUT2D eigenvalue weighted by Crippen LogP contribution is -2.22. The summed E-state index contributed by atoms with van der Waals surface area (Å²) in [6.45, 7) is 1.24. The van der Waals surface area contributed by atoms with Crippen molar-refractivity contribution in [1.82, 2.24) is 0 Å². The smallest absolute Gasteiger partial charge is 0.338 e. The maximum Gasteiger partial charge on any atom is 0.338 e. The number of carbonyl (C=O) groups excluding carboxylic acids is 3. The highest BCUT2D eigenvalue weighted by Gasteiger charge is 2.19. The number of carbonyl (C=O) groups is 2. The Morgan fingerprint density at radius 3 is 2.42 bits per heavy atom. The minimum absolute atomic E-state index is 0.0420. The van der Waals surface area contributed by atoms with Gasteiger partial charge in [0.1, 0.15) is 0 Å². The summed E-state index contributed by atoms with van der Waals surface area (Å²) in [4.78, 5) is 45.1. The molecule has 0 spiro atoms. The van der Waals surface area contributed by atoms with Crippen LogP contribution < -0.4 is 0 Å². The molecule has 1 aromatic rings. The van der Waals surface area contributed by atoms with Crippen molar-refractivity contribution in [2.75, 3.05) is 0 Å². The molecule has 1 unspecified atom stereocenters. The zero-order valence-corrected chi connectivity index (χ0v) is 9.73. The predicted molar refractivity (Wildman–Crippen MR) is 61.1 cm³/mol. The number of ether oxygens (including phenoxy) is 1. The van der Waals surface area contributed by atoms with Gasteiger partial charge in [0.05, 0.1) is 10.5 Å². The Labute approximate surface area is 106 Å². The largest absolute Gasteiger partial charge is 0.449 e. The van der Waals surface area contributed by atoms with Crippen LogP contribution in [0, 0.1) is 10.1 Å². The Hall–Kier alpha value is -2.86. The normalized spacial score (nSPS) is 11.0. The minimum atomic E-state index is -1.23. The molecule has 0 aromatic heterocycles. The van der Waals surface area contributed by atoms with Crippen molar-refractivity contribution < 1.29 is 24.0 Å². The summed E-state index contributed by atoms with van der Waals surface area (Å²) in [5, 5.41) is 10.4. The number of hydrogen-bond acceptors (Lipinski definition) is 6. The molecule has 0 aliphatic carbocycles. The molecule has 1 amide bonds. The van der Waals surface area contributed by atoms with Gasteiger partial charge in [0, 0.05) is 12.1 Å². The van der Waals surface area contributed by atoms with E-state index >= 15 is 0 Å². The molecule has 0 radical (unpaired) electrons. The van der Waals surface area contributed by atoms with Gasteiger partial charge in [0.25, 0.3) is 11.6 Å². The van der Waals surface area contributed by atoms with E-state index in [1.165, 1.54) is 19.1 Å². The van der Waals surface area contributed by atoms with E-state index in [1.54, 1.807) is 0 Å². The van der Waals surface area contributed by atoms with Crippen LogP contribution in [0.25, 0.3) is 0 Å². The summed E-state index contributed by atoms with van der Waals surface area (Å²) in [5.41, 5.74) is -0.133. The Bertz CT molecular complexity index is 559. The Morgan fingerprint density at radius 2 is 1.95 bits per heavy atom. The molecule has 98 valence electrons. The van der Waals surface area contributed by atoms with Crippen molar-refractivity contribution in [3.05, 3.63) is 39.9 Å². The molecule has 19 heavy (non-hydrogen) atoms. The lowest BCUT2D eigenvalue weighted by atomic mass is 10.2. The molecule has 8 heteroatoms. The second kappa shape index (κ2) is 6.18. The highest BCUT2D eigenvalue weighted by atomic mass is 16.6. The van der Waals surface area contributed by atoms with E-state index in [0.29, 0.717) is 0 Å². The number of aliphatic imine (C=N–C) groups is 1. The first-order chi connectivity index (χ1) is 8.95. The minimum Gasteiger partial charge on any atom is -0.449 e. The van der Waals surface area contributed by atoms with Gasteiger partial charge in [0.15, 0.2) is 6.10 Å². The Kier molecular flexibility index (Phi) is 4.62. The third-order valence-electron chi connectivity index (χ3n) is 2.10. The van der Waals surface area contributed by atoms with Gasteiger partial charge in [-0.3, -0.25) is 14.9 Å². The zero-order chi connectivity index (χ0) is 14.4. The predicted octanol–water partition coefficient (Wildman–Crippen LogP) is 1.00. The highest BCUT2D eigenvalue weighted by molar-refractivity contribution is 5.93. The van der Waals surface area contributed by atoms with Crippen molar-refractivity contribution in [3.8, 4) is 0 Å². The highest BCUT2D eigenvalue weighted by Crippen LogP contribution is 2.13. The molecule has 0 N–H and O–H groups in total. The molecule has 1 aromatic carbocycles. The number of nitro benzene ring substituents is 1. The number of esters is 1. The molecule has 0 saturated carbocycles. The number of benzene rings is 1. The summed E-state index contributed by atoms with van der Waals surface area (Å²) in [7, 11) is 0. The summed E-state index contributed by atoms with van der Waals surface area (Å²) in [6.07, 6.45) is -0.192. The maximum atomic E-state index is 11.6. The van der Waals surface area contributed by atoms with Gasteiger partial charge in [-0.15, -0.1) is 4.99 Å². The summed E-state index contributed by atoms with van der Waals surface area (Å²) < 4.78 is 4.72. The van der Waals surface area contributed by atoms with Crippen molar-refractivity contribution >= 4 is 23.6 Å². The average molecular weight is 264 g/mol. The zero-order valence-electron chi connectivity index (χ0n) is 9.73. The van der Waals surface area contributed by atoms with Crippen molar-refractivity contribution in [3.63, 3.8) is 0 Å². The first-order valence-electron chi connectivity index (χ1n) is 5.03. The van der Waals surface area contributed by atoms with Gasteiger partial charge >= 0.3 is 5.97 Å². The van der Waals surface area contributed by atoms with E-state index in [0.717, 1.165) is 18.2 Å². The van der Waals surface area contributed by atoms with E-state index in [2.05, 4.69) is 4.99 Å². The van der Waals surface area contributed by atoms with E-state index in [4.69, 9.17) is 4.74 Å². The van der Waals surface area contributed by atoms with Crippen LogP contribution in [0.4, 0.5) is 5.69 Å². The monoisotopic (exact) mass is 264 g/mol. The van der Waals surface area contributed by atoms with Crippen molar-refractivity contribution in [1.29, 1.82) is 0 Å². The molecule has 0 aliphatic rings. The average Bonchev–Trinajstić information content (AvgIpc) is 2.38. The van der Waals surface area contributed by atoms with Gasteiger partial charge < -0.3 is 4.74 Å². The summed E-state index contributed by atoms with van der Waals surface area (Å²) >= 11 is 0. The van der Waals surface area contributed by atoms with Crippen LogP contribution in [-0.4, -0.2) is 29.0 Å². The van der Waals surface area contributed by atoms with Gasteiger partial charge in [0.2, 0.25) is 6.08 Å². The van der Waals surface area contributed by atoms with Crippen molar-refractivity contribution in [2.24, 2.45) is 4.99 Å². The van der Waals surface area contributed by atoms with Gasteiger partial charge in [-0.2, -0.15) is 0 Å². The lowest BCUT2D eigenvalue weighted by Gasteiger charge is -2.08. The van der Waals surface area contributed by atoms with Crippen LogP contribution in [0.3, 0.4) is 0 Å². The second-order valence-electron chi connectivity index (χ2n) is 3.39. The summed E-state index contributed by atoms with van der Waals surface area (Å²) in [5.74, 6) is -1.79. The molecule has 0 saturated heterocycles. The number of nitrogens with zero attached hydrogens (tertiary/aromatic N) is 2. The number of isocyanates is 1. The van der Waals surface area contributed by atoms with Gasteiger partial charge in [-0.05, 0) is 19.1 Å². The van der Waals surface area contributed by atoms with E-state index in [9.17, 15) is 24.5 Å². The summed E-state index contributed by atoms with van der Waals surface area (Å²) in [6, 6.07) is 4.65. The first kappa shape index (κ1) is 14.2. The SMILES string of the molecule is CC(OC(=O)c1ccc([N+](=O)[O-])cc1)C(=O)N=C=O. The maximum absolute atomic E-state index is 11.6. The van der Waals surface area contributed by atoms with Crippen LogP contribution >= 0.6 is 0 Å². The fraction of sp³-hybridized carbons (Fsp3) is 0.182. The number of hydrogen-bond donors (Lipinski definition) is 0. The topological polar surface area (TPSA) is 116 Å². The lowest BCUT2D eigenvalue weighted by molar-refractivity contribution is -0.384. The second-order valence-corrected chi connectivity index (χ2v) is 3.39. The molecule has 1 atom stereocenters. The number of nitro groups is 1. The molecule has 0 fully saturated rings. The molecule has 0 aliphatic heterocycles. The van der Waals surface area contributed by atoms with Gasteiger partial charge in [-0.25, -0.2) is 9.59 Å². The Morgan fingerprint density at radius 1 is 1.37 bits per heavy atom. The van der Waals surface area contributed by atoms with E-state index < -0.39 is 22.9 Å². The van der Waals surface area contributed by atoms with Crippen LogP contribution in [0.2, 0.25) is 0 Å². The fourth-order valence-corrected chi connectivity index (χ4v) is 1.13. The van der Waals surface area contributed by atoms with E-state index in [1.807, 2.05) is 0 Å². The van der Waals surface area contributed by atoms with E-state index in [-0.39, 0.29) is 11.3 Å². The number of rotatable bonds is 4. The third kappa shape index (κ3) is 3.83. The first-order valence-corrected chi connectivity index (χ1v) is 5.03. The molecule has 0 bridgehead atoms. The fourth-order valence-electron chi connectivity index (χ4n) is 1.13.